The zero-order valence-electron chi connectivity index (χ0n) is 15.7. The quantitative estimate of drug-likeness (QED) is 0.743. The molecule has 2 aliphatic rings. The second kappa shape index (κ2) is 6.36. The van der Waals surface area contributed by atoms with Crippen molar-refractivity contribution in [2.45, 2.75) is 38.3 Å². The number of hydrogen-bond donors (Lipinski definition) is 1. The molecule has 0 bridgehead atoms. The van der Waals surface area contributed by atoms with Crippen molar-refractivity contribution in [2.24, 2.45) is 0 Å². The van der Waals surface area contributed by atoms with Gasteiger partial charge in [-0.1, -0.05) is 6.92 Å². The van der Waals surface area contributed by atoms with Gasteiger partial charge in [-0.3, -0.25) is 9.78 Å². The second-order valence-corrected chi connectivity index (χ2v) is 7.10. The Hall–Kier alpha value is -3.36. The summed E-state index contributed by atoms with van der Waals surface area (Å²) in [6.45, 7) is 2.04. The van der Waals surface area contributed by atoms with Gasteiger partial charge in [0.25, 0.3) is 0 Å². The molecule has 1 aliphatic carbocycles. The topological polar surface area (TPSA) is 104 Å². The maximum atomic E-state index is 12.8. The van der Waals surface area contributed by atoms with E-state index in [1.807, 2.05) is 6.92 Å². The number of likely N-dealkylation sites (N-methyl/N-ethyl adjacent to an activating group) is 1. The lowest BCUT2D eigenvalue weighted by Crippen LogP contribution is -2.53. The summed E-state index contributed by atoms with van der Waals surface area (Å²) >= 11 is 0. The second-order valence-electron chi connectivity index (χ2n) is 7.10. The minimum atomic E-state index is -0.176. The predicted molar refractivity (Wildman–Crippen MR) is 104 cm³/mol. The highest BCUT2D eigenvalue weighted by molar-refractivity contribution is 6.04. The van der Waals surface area contributed by atoms with Crippen molar-refractivity contribution in [1.29, 1.82) is 0 Å². The number of carbonyl (C=O) groups excluding carboxylic acids is 1. The molecule has 28 heavy (non-hydrogen) atoms. The number of aromatic amines is 1. The van der Waals surface area contributed by atoms with E-state index in [9.17, 15) is 4.79 Å². The van der Waals surface area contributed by atoms with E-state index in [0.29, 0.717) is 29.1 Å². The Morgan fingerprint density at radius 1 is 1.14 bits per heavy atom. The lowest BCUT2D eigenvalue weighted by molar-refractivity contribution is -0.120. The van der Waals surface area contributed by atoms with Gasteiger partial charge in [-0.2, -0.15) is 0 Å². The van der Waals surface area contributed by atoms with Gasteiger partial charge in [-0.15, -0.1) is 0 Å². The van der Waals surface area contributed by atoms with Crippen molar-refractivity contribution < 1.29 is 4.79 Å². The molecule has 3 aromatic rings. The minimum Gasteiger partial charge on any atom is -0.340 e. The molecule has 1 fully saturated rings. The van der Waals surface area contributed by atoms with Crippen molar-refractivity contribution in [3.63, 3.8) is 0 Å². The summed E-state index contributed by atoms with van der Waals surface area (Å²) < 4.78 is 0. The van der Waals surface area contributed by atoms with E-state index < -0.39 is 0 Å². The van der Waals surface area contributed by atoms with Gasteiger partial charge in [0, 0.05) is 25.5 Å². The zero-order valence-corrected chi connectivity index (χ0v) is 15.7. The summed E-state index contributed by atoms with van der Waals surface area (Å²) in [7, 11) is 1.79. The molecule has 0 saturated heterocycles. The van der Waals surface area contributed by atoms with E-state index in [0.717, 1.165) is 30.8 Å². The number of nitrogens with one attached hydrogen (secondary N) is 1. The molecule has 1 amide bonds. The molecule has 1 atom stereocenters. The van der Waals surface area contributed by atoms with Crippen molar-refractivity contribution >= 4 is 17.4 Å². The highest BCUT2D eigenvalue weighted by Gasteiger charge is 2.44. The number of aromatic nitrogens is 6. The molecule has 0 aromatic carbocycles. The van der Waals surface area contributed by atoms with Gasteiger partial charge in [-0.05, 0) is 19.3 Å². The van der Waals surface area contributed by atoms with E-state index >= 15 is 0 Å². The van der Waals surface area contributed by atoms with Crippen LogP contribution in [0.3, 0.4) is 0 Å². The lowest BCUT2D eigenvalue weighted by atomic mass is 10.1. The summed E-state index contributed by atoms with van der Waals surface area (Å²) in [5, 5.41) is 0. The maximum absolute atomic E-state index is 12.8. The zero-order chi connectivity index (χ0) is 19.3. The van der Waals surface area contributed by atoms with E-state index in [1.165, 1.54) is 0 Å². The lowest BCUT2D eigenvalue weighted by Gasteiger charge is -2.40. The average Bonchev–Trinajstić information content (AvgIpc) is 3.45. The van der Waals surface area contributed by atoms with Crippen LogP contribution in [-0.2, 0) is 4.79 Å². The number of amides is 1. The van der Waals surface area contributed by atoms with Crippen LogP contribution in [0, 0.1) is 0 Å². The fourth-order valence-corrected chi connectivity index (χ4v) is 3.67. The molecular weight excluding hydrogens is 356 g/mol. The SMILES string of the molecule is CC[C@@H]1C(=O)N(C)c2cnc(-c3cnc(-c4cnccn4)[nH]3)nc2N1C1CC1. The maximum Gasteiger partial charge on any atom is 0.249 e. The Bertz CT molecular complexity index is 1030. The van der Waals surface area contributed by atoms with E-state index in [1.54, 1.807) is 42.9 Å². The fraction of sp³-hybridized carbons (Fsp3) is 0.368. The van der Waals surface area contributed by atoms with E-state index in [4.69, 9.17) is 4.98 Å². The van der Waals surface area contributed by atoms with Gasteiger partial charge in [0.15, 0.2) is 17.5 Å². The third kappa shape index (κ3) is 2.62. The van der Waals surface area contributed by atoms with Gasteiger partial charge >= 0.3 is 0 Å². The van der Waals surface area contributed by atoms with Crippen LogP contribution < -0.4 is 9.80 Å². The van der Waals surface area contributed by atoms with Crippen molar-refractivity contribution in [2.75, 3.05) is 16.8 Å². The average molecular weight is 376 g/mol. The third-order valence-corrected chi connectivity index (χ3v) is 5.26. The standard InChI is InChI=1S/C19H20N8O/c1-3-14-19(28)26(2)15-10-23-17(25-18(15)27(14)11-4-5-11)13-9-22-16(24-13)12-8-20-6-7-21-12/h6-11,14H,3-5H2,1-2H3,(H,22,24)/t14-/m1/s1. The molecule has 1 aliphatic heterocycles. The molecule has 3 aromatic heterocycles. The molecule has 1 N–H and O–H groups in total. The number of imidazole rings is 1. The van der Waals surface area contributed by atoms with Crippen molar-refractivity contribution in [1.82, 2.24) is 29.9 Å². The number of nitrogens with zero attached hydrogens (tertiary/aromatic N) is 7. The summed E-state index contributed by atoms with van der Waals surface area (Å²) in [6.07, 6.45) is 11.2. The summed E-state index contributed by atoms with van der Waals surface area (Å²) in [5.41, 5.74) is 2.11. The number of anilines is 2. The molecule has 1 saturated carbocycles. The Balaban J connectivity index is 1.56. The highest BCUT2D eigenvalue weighted by atomic mass is 16.2. The smallest absolute Gasteiger partial charge is 0.249 e. The molecule has 0 unspecified atom stereocenters. The van der Waals surface area contributed by atoms with Gasteiger partial charge < -0.3 is 14.8 Å². The minimum absolute atomic E-state index is 0.102. The molecule has 0 radical (unpaired) electrons. The first-order valence-electron chi connectivity index (χ1n) is 9.42. The first-order valence-corrected chi connectivity index (χ1v) is 9.42. The Labute approximate surface area is 161 Å². The summed E-state index contributed by atoms with van der Waals surface area (Å²) in [5.74, 6) is 2.08. The van der Waals surface area contributed by atoms with Gasteiger partial charge in [0.05, 0.1) is 18.6 Å². The predicted octanol–water partition coefficient (Wildman–Crippen LogP) is 2.05. The fourth-order valence-electron chi connectivity index (χ4n) is 3.67. The van der Waals surface area contributed by atoms with Gasteiger partial charge in [-0.25, -0.2) is 19.9 Å². The van der Waals surface area contributed by atoms with E-state index in [2.05, 4.69) is 29.8 Å². The van der Waals surface area contributed by atoms with Crippen LogP contribution in [0.2, 0.25) is 0 Å². The number of carbonyl (C=O) groups is 1. The Morgan fingerprint density at radius 3 is 2.71 bits per heavy atom. The monoisotopic (exact) mass is 376 g/mol. The third-order valence-electron chi connectivity index (χ3n) is 5.26. The van der Waals surface area contributed by atoms with Gasteiger partial charge in [0.1, 0.15) is 23.1 Å². The molecule has 9 nitrogen and oxygen atoms in total. The first kappa shape index (κ1) is 16.8. The van der Waals surface area contributed by atoms with Crippen molar-refractivity contribution in [3.05, 3.63) is 31.0 Å². The van der Waals surface area contributed by atoms with Crippen LogP contribution >= 0.6 is 0 Å². The van der Waals surface area contributed by atoms with Crippen LogP contribution in [0.25, 0.3) is 23.0 Å². The largest absolute Gasteiger partial charge is 0.340 e. The van der Waals surface area contributed by atoms with Crippen molar-refractivity contribution in [3.8, 4) is 23.0 Å². The first-order chi connectivity index (χ1) is 13.7. The number of H-pyrrole nitrogens is 1. The summed E-state index contributed by atoms with van der Waals surface area (Å²) in [6, 6.07) is 0.200. The normalized spacial score (nSPS) is 19.1. The van der Waals surface area contributed by atoms with Crippen LogP contribution in [-0.4, -0.2) is 54.9 Å². The van der Waals surface area contributed by atoms with Gasteiger partial charge in [0.2, 0.25) is 5.91 Å². The van der Waals surface area contributed by atoms with Crippen LogP contribution in [0.15, 0.2) is 31.0 Å². The van der Waals surface area contributed by atoms with E-state index in [-0.39, 0.29) is 11.9 Å². The number of fused-ring (bicyclic) bond motifs is 1. The molecule has 142 valence electrons. The molecule has 0 spiro atoms. The molecule has 4 heterocycles. The number of hydrogen-bond acceptors (Lipinski definition) is 7. The van der Waals surface area contributed by atoms with Crippen LogP contribution in [0.4, 0.5) is 11.5 Å². The van der Waals surface area contributed by atoms with Crippen LogP contribution in [0.5, 0.6) is 0 Å². The van der Waals surface area contributed by atoms with Crippen LogP contribution in [0.1, 0.15) is 26.2 Å². The Kier molecular flexibility index (Phi) is 3.81. The molecular formula is C19H20N8O. The highest BCUT2D eigenvalue weighted by Crippen LogP contribution is 2.42. The Morgan fingerprint density at radius 2 is 2.00 bits per heavy atom. The molecule has 5 rings (SSSR count). The number of rotatable bonds is 4. The molecule has 9 heteroatoms. The summed E-state index contributed by atoms with van der Waals surface area (Å²) in [4.78, 5) is 41.9.